The van der Waals surface area contributed by atoms with E-state index in [-0.39, 0.29) is 5.41 Å². The van der Waals surface area contributed by atoms with Gasteiger partial charge in [0.15, 0.2) is 0 Å². The number of hydrogen-bond acceptors (Lipinski definition) is 2. The molecular formula is C46H47N3. The van der Waals surface area contributed by atoms with E-state index in [9.17, 15) is 0 Å². The molecule has 6 aromatic rings. The third-order valence-electron chi connectivity index (χ3n) is 9.73. The van der Waals surface area contributed by atoms with Crippen LogP contribution in [0.3, 0.4) is 0 Å². The zero-order valence-electron chi connectivity index (χ0n) is 30.0. The number of rotatable bonds is 8. The van der Waals surface area contributed by atoms with E-state index in [1.807, 2.05) is 26.0 Å². The fourth-order valence-electron chi connectivity index (χ4n) is 7.27. The maximum Gasteiger partial charge on any atom is 0.138 e. The molecule has 1 aliphatic heterocycles. The van der Waals surface area contributed by atoms with Crippen molar-refractivity contribution < 1.29 is 0 Å². The molecule has 0 saturated carbocycles. The van der Waals surface area contributed by atoms with Gasteiger partial charge in [-0.3, -0.25) is 4.90 Å². The summed E-state index contributed by atoms with van der Waals surface area (Å²) in [5.74, 6) is 0.865. The molecule has 0 atom stereocenters. The zero-order chi connectivity index (χ0) is 34.7. The van der Waals surface area contributed by atoms with Crippen molar-refractivity contribution in [2.24, 2.45) is 0 Å². The summed E-state index contributed by atoms with van der Waals surface area (Å²) in [4.78, 5) is 7.50. The Morgan fingerprint density at radius 1 is 0.837 bits per heavy atom. The monoisotopic (exact) mass is 641 g/mol. The van der Waals surface area contributed by atoms with E-state index >= 15 is 0 Å². The van der Waals surface area contributed by atoms with Crippen molar-refractivity contribution in [3.05, 3.63) is 173 Å². The van der Waals surface area contributed by atoms with Gasteiger partial charge < -0.3 is 4.57 Å². The predicted octanol–water partition coefficient (Wildman–Crippen LogP) is 12.6. The first-order valence-corrected chi connectivity index (χ1v) is 17.5. The van der Waals surface area contributed by atoms with Gasteiger partial charge in [-0.2, -0.15) is 0 Å². The van der Waals surface area contributed by atoms with Gasteiger partial charge >= 0.3 is 0 Å². The fraction of sp³-hybridized carbons (Fsp3) is 0.196. The van der Waals surface area contributed by atoms with Crippen molar-refractivity contribution in [1.82, 2.24) is 9.55 Å². The highest BCUT2D eigenvalue weighted by atomic mass is 15.2. The molecule has 0 unspecified atom stereocenters. The summed E-state index contributed by atoms with van der Waals surface area (Å²) in [7, 11) is 0. The van der Waals surface area contributed by atoms with E-state index in [2.05, 4.69) is 172 Å². The molecule has 0 bridgehead atoms. The first-order chi connectivity index (χ1) is 23.9. The van der Waals surface area contributed by atoms with Gasteiger partial charge in [-0.05, 0) is 85.0 Å². The van der Waals surface area contributed by atoms with Crippen LogP contribution < -0.4 is 4.90 Å². The maximum atomic E-state index is 5.21. The number of pyridine rings is 1. The van der Waals surface area contributed by atoms with Crippen molar-refractivity contribution in [3.8, 4) is 5.69 Å². The van der Waals surface area contributed by atoms with Crippen LogP contribution in [-0.4, -0.2) is 9.55 Å². The van der Waals surface area contributed by atoms with Crippen molar-refractivity contribution in [3.63, 3.8) is 0 Å². The van der Waals surface area contributed by atoms with Gasteiger partial charge in [0.1, 0.15) is 5.82 Å². The molecule has 0 fully saturated rings. The van der Waals surface area contributed by atoms with Gasteiger partial charge in [0, 0.05) is 44.5 Å². The molecule has 0 N–H and O–H groups in total. The van der Waals surface area contributed by atoms with Crippen LogP contribution in [0.2, 0.25) is 0 Å². The van der Waals surface area contributed by atoms with E-state index in [1.165, 1.54) is 39.0 Å². The quantitative estimate of drug-likeness (QED) is 0.154. The summed E-state index contributed by atoms with van der Waals surface area (Å²) in [5, 5.41) is 2.38. The molecule has 3 nitrogen and oxygen atoms in total. The predicted molar refractivity (Wildman–Crippen MR) is 212 cm³/mol. The second-order valence-corrected chi connectivity index (χ2v) is 12.7. The molecule has 3 heteroatoms. The number of aromatic nitrogens is 2. The smallest absolute Gasteiger partial charge is 0.138 e. The van der Waals surface area contributed by atoms with Crippen LogP contribution in [0.1, 0.15) is 75.9 Å². The number of benzene rings is 4. The Morgan fingerprint density at radius 3 is 2.27 bits per heavy atom. The Bertz CT molecular complexity index is 2240. The van der Waals surface area contributed by atoms with E-state index < -0.39 is 0 Å². The fourth-order valence-corrected chi connectivity index (χ4v) is 7.27. The lowest BCUT2D eigenvalue weighted by Gasteiger charge is -2.34. The summed E-state index contributed by atoms with van der Waals surface area (Å²) in [6.45, 7) is 19.6. The van der Waals surface area contributed by atoms with Gasteiger partial charge in [-0.1, -0.05) is 132 Å². The molecule has 49 heavy (non-hydrogen) atoms. The van der Waals surface area contributed by atoms with E-state index in [4.69, 9.17) is 4.98 Å². The number of fused-ring (bicyclic) bond motifs is 3. The molecule has 7 rings (SSSR count). The molecule has 3 heterocycles. The maximum absolute atomic E-state index is 5.21. The third kappa shape index (κ3) is 5.84. The van der Waals surface area contributed by atoms with Crippen LogP contribution >= 0.6 is 0 Å². The number of allylic oxidation sites excluding steroid dienone is 5. The van der Waals surface area contributed by atoms with Gasteiger partial charge in [-0.25, -0.2) is 4.98 Å². The molecule has 246 valence electrons. The Balaban J connectivity index is 0.00000205. The van der Waals surface area contributed by atoms with Crippen molar-refractivity contribution in [1.29, 1.82) is 0 Å². The van der Waals surface area contributed by atoms with Gasteiger partial charge in [-0.15, -0.1) is 0 Å². The summed E-state index contributed by atoms with van der Waals surface area (Å²) < 4.78 is 2.47. The van der Waals surface area contributed by atoms with E-state index in [0.29, 0.717) is 0 Å². The van der Waals surface area contributed by atoms with Crippen molar-refractivity contribution in [2.45, 2.75) is 60.3 Å². The second-order valence-electron chi connectivity index (χ2n) is 12.7. The molecule has 0 aliphatic carbocycles. The Hall–Kier alpha value is -5.41. The molecule has 4 aromatic carbocycles. The van der Waals surface area contributed by atoms with E-state index in [1.54, 1.807) is 0 Å². The van der Waals surface area contributed by atoms with Crippen LogP contribution in [0, 0.1) is 6.92 Å². The first-order valence-electron chi connectivity index (χ1n) is 17.5. The molecular weight excluding hydrogens is 595 g/mol. The zero-order valence-corrected chi connectivity index (χ0v) is 30.0. The highest BCUT2D eigenvalue weighted by Crippen LogP contribution is 2.47. The molecule has 0 spiro atoms. The van der Waals surface area contributed by atoms with Gasteiger partial charge in [0.05, 0.1) is 11.0 Å². The number of nitrogens with zero attached hydrogens (tertiary/aromatic N) is 3. The standard InChI is InChI=1S/C44H41N3.C2H6/c1-7-31(32-18-11-10-12-19-32)28-34(8-2)47(42-27-26-33-20-13-15-24-40(33)45-42)35(9-3)29-37-30(4)46-41-25-16-14-22-38(41)44(5,6)39-23-17-21-36(37)43(39)46;1-2/h7-8,10-29H,2,9H2,1,3-6H3;1-2H3/b31-7+,34-28+,35-29+;. The van der Waals surface area contributed by atoms with Crippen LogP contribution in [0.4, 0.5) is 5.82 Å². The normalized spacial score (nSPS) is 13.9. The van der Waals surface area contributed by atoms with Gasteiger partial charge in [0.25, 0.3) is 0 Å². The van der Waals surface area contributed by atoms with Crippen molar-refractivity contribution in [2.75, 3.05) is 4.90 Å². The number of hydrogen-bond donors (Lipinski definition) is 0. The van der Waals surface area contributed by atoms with Crippen LogP contribution in [0.25, 0.3) is 39.1 Å². The average Bonchev–Trinajstić information content (AvgIpc) is 3.43. The summed E-state index contributed by atoms with van der Waals surface area (Å²) in [6, 6.07) is 38.8. The lowest BCUT2D eigenvalue weighted by Crippen LogP contribution is -2.26. The molecule has 0 saturated heterocycles. The summed E-state index contributed by atoms with van der Waals surface area (Å²) >= 11 is 0. The highest BCUT2D eigenvalue weighted by Gasteiger charge is 2.35. The lowest BCUT2D eigenvalue weighted by atomic mass is 9.75. The lowest BCUT2D eigenvalue weighted by molar-refractivity contribution is 0.627. The second kappa shape index (κ2) is 14.0. The topological polar surface area (TPSA) is 21.1 Å². The average molecular weight is 642 g/mol. The Morgan fingerprint density at radius 2 is 1.53 bits per heavy atom. The number of anilines is 1. The Labute approximate surface area is 292 Å². The minimum Gasteiger partial charge on any atom is -0.313 e. The minimum absolute atomic E-state index is 0.106. The molecule has 0 radical (unpaired) electrons. The van der Waals surface area contributed by atoms with Crippen LogP contribution in [0.15, 0.2) is 145 Å². The van der Waals surface area contributed by atoms with Crippen LogP contribution in [0.5, 0.6) is 0 Å². The molecule has 0 amide bonds. The SMILES string of the molecule is C=C/C(=C\C(=C/C)c1ccccc1)N(/C(=C/c1c(C)n2c3c(cccc13)C(C)(C)c1ccccc1-2)CC)c1ccc2ccccc2n1.CC. The molecule has 2 aromatic heterocycles. The minimum atomic E-state index is -0.106. The summed E-state index contributed by atoms with van der Waals surface area (Å²) in [5.41, 5.74) is 13.0. The highest BCUT2D eigenvalue weighted by molar-refractivity contribution is 5.98. The number of para-hydroxylation sites is 3. The Kier molecular flexibility index (Phi) is 9.56. The third-order valence-corrected chi connectivity index (χ3v) is 9.73. The summed E-state index contributed by atoms with van der Waals surface area (Å²) in [6.07, 6.45) is 9.51. The van der Waals surface area contributed by atoms with E-state index in [0.717, 1.165) is 45.7 Å². The molecule has 1 aliphatic rings. The van der Waals surface area contributed by atoms with Crippen LogP contribution in [-0.2, 0) is 5.41 Å². The largest absolute Gasteiger partial charge is 0.313 e. The first kappa shape index (κ1) is 33.5. The van der Waals surface area contributed by atoms with Gasteiger partial charge in [0.2, 0.25) is 0 Å². The van der Waals surface area contributed by atoms with Crippen molar-refractivity contribution >= 4 is 39.3 Å².